The molecule has 0 amide bonds. The Morgan fingerprint density at radius 2 is 1.90 bits per heavy atom. The molecule has 0 aliphatic rings. The zero-order chi connectivity index (χ0) is 14.5. The Hall–Kier alpha value is -2.49. The van der Waals surface area contributed by atoms with Crippen molar-refractivity contribution in [3.63, 3.8) is 0 Å². The first-order valence-corrected chi connectivity index (χ1v) is 6.48. The van der Waals surface area contributed by atoms with Crippen LogP contribution in [0.2, 0.25) is 0 Å². The molecule has 0 fully saturated rings. The standard InChI is InChI=1S/C16H18N2O2/c1-3-11-7-9-12(10-8-11)18-14-6-4-5-13(15(14)17)16(19)20-2/h4-10,18H,3,17H2,1-2H3. The number of benzene rings is 2. The minimum Gasteiger partial charge on any atom is -0.465 e. The third-order valence-corrected chi connectivity index (χ3v) is 3.15. The smallest absolute Gasteiger partial charge is 0.340 e. The molecule has 0 aliphatic heterocycles. The molecule has 4 heteroatoms. The number of nitrogens with one attached hydrogen (secondary N) is 1. The fourth-order valence-electron chi connectivity index (χ4n) is 1.94. The zero-order valence-electron chi connectivity index (χ0n) is 11.6. The van der Waals surface area contributed by atoms with Crippen molar-refractivity contribution in [3.05, 3.63) is 53.6 Å². The Labute approximate surface area is 118 Å². The lowest BCUT2D eigenvalue weighted by Gasteiger charge is -2.12. The van der Waals surface area contributed by atoms with E-state index in [9.17, 15) is 4.79 Å². The van der Waals surface area contributed by atoms with Crippen molar-refractivity contribution in [1.82, 2.24) is 0 Å². The second kappa shape index (κ2) is 6.10. The summed E-state index contributed by atoms with van der Waals surface area (Å²) in [7, 11) is 1.34. The van der Waals surface area contributed by atoms with E-state index < -0.39 is 5.97 Å². The normalized spacial score (nSPS) is 10.1. The lowest BCUT2D eigenvalue weighted by Crippen LogP contribution is -2.07. The lowest BCUT2D eigenvalue weighted by molar-refractivity contribution is 0.0602. The van der Waals surface area contributed by atoms with Gasteiger partial charge in [-0.25, -0.2) is 4.79 Å². The number of para-hydroxylation sites is 1. The van der Waals surface area contributed by atoms with Crippen molar-refractivity contribution in [2.24, 2.45) is 0 Å². The van der Waals surface area contributed by atoms with Gasteiger partial charge in [0.1, 0.15) is 0 Å². The summed E-state index contributed by atoms with van der Waals surface area (Å²) in [4.78, 5) is 11.6. The van der Waals surface area contributed by atoms with Crippen LogP contribution in [-0.2, 0) is 11.2 Å². The van der Waals surface area contributed by atoms with Crippen LogP contribution in [0.15, 0.2) is 42.5 Å². The summed E-state index contributed by atoms with van der Waals surface area (Å²) >= 11 is 0. The molecule has 0 spiro atoms. The summed E-state index contributed by atoms with van der Waals surface area (Å²) in [6, 6.07) is 13.3. The molecule has 0 radical (unpaired) electrons. The minimum atomic E-state index is -0.438. The lowest BCUT2D eigenvalue weighted by atomic mass is 10.1. The van der Waals surface area contributed by atoms with Gasteiger partial charge >= 0.3 is 5.97 Å². The number of rotatable bonds is 4. The summed E-state index contributed by atoms with van der Waals surface area (Å²) in [5, 5.41) is 3.21. The minimum absolute atomic E-state index is 0.364. The quantitative estimate of drug-likeness (QED) is 0.660. The highest BCUT2D eigenvalue weighted by Crippen LogP contribution is 2.26. The van der Waals surface area contributed by atoms with Crippen LogP contribution in [0.1, 0.15) is 22.8 Å². The maximum Gasteiger partial charge on any atom is 0.340 e. The molecule has 0 saturated carbocycles. The van der Waals surface area contributed by atoms with E-state index in [-0.39, 0.29) is 0 Å². The summed E-state index contributed by atoms with van der Waals surface area (Å²) in [5.74, 6) is -0.438. The van der Waals surface area contributed by atoms with Crippen molar-refractivity contribution >= 4 is 23.0 Å². The molecular formula is C16H18N2O2. The Morgan fingerprint density at radius 3 is 2.50 bits per heavy atom. The summed E-state index contributed by atoms with van der Waals surface area (Å²) < 4.78 is 4.71. The van der Waals surface area contributed by atoms with Crippen LogP contribution in [0.5, 0.6) is 0 Å². The van der Waals surface area contributed by atoms with E-state index in [1.807, 2.05) is 18.2 Å². The van der Waals surface area contributed by atoms with Crippen LogP contribution >= 0.6 is 0 Å². The van der Waals surface area contributed by atoms with Gasteiger partial charge in [0.15, 0.2) is 0 Å². The number of nitrogens with two attached hydrogens (primary N) is 1. The van der Waals surface area contributed by atoms with Gasteiger partial charge in [0.05, 0.1) is 24.0 Å². The second-order valence-electron chi connectivity index (χ2n) is 4.43. The van der Waals surface area contributed by atoms with Crippen molar-refractivity contribution < 1.29 is 9.53 Å². The van der Waals surface area contributed by atoms with Crippen LogP contribution in [0.25, 0.3) is 0 Å². The molecule has 2 aromatic carbocycles. The summed E-state index contributed by atoms with van der Waals surface area (Å²) in [6.07, 6.45) is 1.00. The van der Waals surface area contributed by atoms with Gasteiger partial charge in [0.2, 0.25) is 0 Å². The average molecular weight is 270 g/mol. The molecule has 0 unspecified atom stereocenters. The number of methoxy groups -OCH3 is 1. The molecule has 0 atom stereocenters. The second-order valence-corrected chi connectivity index (χ2v) is 4.43. The van der Waals surface area contributed by atoms with Gasteiger partial charge in [0, 0.05) is 5.69 Å². The van der Waals surface area contributed by atoms with Gasteiger partial charge in [-0.3, -0.25) is 0 Å². The first kappa shape index (κ1) is 13.9. The maximum atomic E-state index is 11.6. The molecule has 2 rings (SSSR count). The number of ether oxygens (including phenoxy) is 1. The summed E-state index contributed by atoms with van der Waals surface area (Å²) in [5.41, 5.74) is 9.64. The molecule has 20 heavy (non-hydrogen) atoms. The SMILES string of the molecule is CCc1ccc(Nc2cccc(C(=O)OC)c2N)cc1. The molecule has 4 nitrogen and oxygen atoms in total. The number of hydrogen-bond donors (Lipinski definition) is 2. The van der Waals surface area contributed by atoms with E-state index in [4.69, 9.17) is 10.5 Å². The highest BCUT2D eigenvalue weighted by Gasteiger charge is 2.12. The summed E-state index contributed by atoms with van der Waals surface area (Å²) in [6.45, 7) is 2.11. The third kappa shape index (κ3) is 2.91. The number of carbonyl (C=O) groups is 1. The van der Waals surface area contributed by atoms with Crippen LogP contribution in [-0.4, -0.2) is 13.1 Å². The van der Waals surface area contributed by atoms with Gasteiger partial charge in [0.25, 0.3) is 0 Å². The van der Waals surface area contributed by atoms with Crippen molar-refractivity contribution in [2.45, 2.75) is 13.3 Å². The number of carbonyl (C=O) groups excluding carboxylic acids is 1. The van der Waals surface area contributed by atoms with Gasteiger partial charge < -0.3 is 15.8 Å². The van der Waals surface area contributed by atoms with Crippen molar-refractivity contribution in [3.8, 4) is 0 Å². The molecule has 0 heterocycles. The van der Waals surface area contributed by atoms with E-state index in [1.165, 1.54) is 12.7 Å². The molecule has 0 aliphatic carbocycles. The fourth-order valence-corrected chi connectivity index (χ4v) is 1.94. The number of esters is 1. The first-order valence-electron chi connectivity index (χ1n) is 6.48. The molecule has 3 N–H and O–H groups in total. The molecule has 0 saturated heterocycles. The van der Waals surface area contributed by atoms with E-state index in [0.29, 0.717) is 16.9 Å². The Morgan fingerprint density at radius 1 is 1.20 bits per heavy atom. The van der Waals surface area contributed by atoms with E-state index in [2.05, 4.69) is 24.4 Å². The van der Waals surface area contributed by atoms with Gasteiger partial charge in [-0.05, 0) is 36.2 Å². The van der Waals surface area contributed by atoms with Gasteiger partial charge in [-0.1, -0.05) is 25.1 Å². The molecule has 0 bridgehead atoms. The van der Waals surface area contributed by atoms with Crippen LogP contribution < -0.4 is 11.1 Å². The number of aryl methyl sites for hydroxylation is 1. The zero-order valence-corrected chi connectivity index (χ0v) is 11.6. The highest BCUT2D eigenvalue weighted by molar-refractivity contribution is 5.98. The maximum absolute atomic E-state index is 11.6. The van der Waals surface area contributed by atoms with E-state index in [1.54, 1.807) is 12.1 Å². The number of nitrogen functional groups attached to an aromatic ring is 1. The van der Waals surface area contributed by atoms with Crippen LogP contribution in [0, 0.1) is 0 Å². The van der Waals surface area contributed by atoms with E-state index in [0.717, 1.165) is 12.1 Å². The number of hydrogen-bond acceptors (Lipinski definition) is 4. The monoisotopic (exact) mass is 270 g/mol. The average Bonchev–Trinajstić information content (AvgIpc) is 2.49. The molecule has 0 aromatic heterocycles. The molecular weight excluding hydrogens is 252 g/mol. The van der Waals surface area contributed by atoms with Crippen LogP contribution in [0.4, 0.5) is 17.1 Å². The van der Waals surface area contributed by atoms with E-state index >= 15 is 0 Å². The topological polar surface area (TPSA) is 64.3 Å². The predicted molar refractivity (Wildman–Crippen MR) is 81.3 cm³/mol. The molecule has 2 aromatic rings. The fraction of sp³-hybridized carbons (Fsp3) is 0.188. The van der Waals surface area contributed by atoms with Gasteiger partial charge in [-0.15, -0.1) is 0 Å². The van der Waals surface area contributed by atoms with Crippen molar-refractivity contribution in [2.75, 3.05) is 18.2 Å². The van der Waals surface area contributed by atoms with Crippen molar-refractivity contribution in [1.29, 1.82) is 0 Å². The van der Waals surface area contributed by atoms with Crippen LogP contribution in [0.3, 0.4) is 0 Å². The Bertz CT molecular complexity index is 606. The predicted octanol–water partition coefficient (Wildman–Crippen LogP) is 3.36. The number of anilines is 3. The largest absolute Gasteiger partial charge is 0.465 e. The highest BCUT2D eigenvalue weighted by atomic mass is 16.5. The third-order valence-electron chi connectivity index (χ3n) is 3.15. The molecule has 104 valence electrons. The Balaban J connectivity index is 2.26. The van der Waals surface area contributed by atoms with Gasteiger partial charge in [-0.2, -0.15) is 0 Å². The first-order chi connectivity index (χ1) is 9.65. The Kier molecular flexibility index (Phi) is 4.25.